The van der Waals surface area contributed by atoms with E-state index in [0.717, 1.165) is 30.1 Å². The maximum atomic E-state index is 12.0. The molecule has 1 heterocycles. The van der Waals surface area contributed by atoms with E-state index in [9.17, 15) is 75.5 Å². The molecule has 2 aliphatic carbocycles. The number of halogens is 3. The topological polar surface area (TPSA) is 457 Å². The summed E-state index contributed by atoms with van der Waals surface area (Å²) < 4.78 is 40.5. The number of amides is 2. The highest BCUT2D eigenvalue weighted by Crippen LogP contribution is 2.55. The van der Waals surface area contributed by atoms with Crippen LogP contribution in [0.15, 0.2) is 24.3 Å². The number of rotatable bonds is 21. The van der Waals surface area contributed by atoms with Gasteiger partial charge in [0.05, 0.1) is 76.7 Å². The zero-order chi connectivity index (χ0) is 76.6. The number of carboxylic acids is 10. The van der Waals surface area contributed by atoms with Gasteiger partial charge >= 0.3 is 71.8 Å². The molecule has 11 N–H and O–H groups in total. The summed E-state index contributed by atoms with van der Waals surface area (Å²) in [5.74, 6) is -10.7. The molecule has 0 aromatic heterocycles. The van der Waals surface area contributed by atoms with Crippen LogP contribution < -0.4 is 4.90 Å². The van der Waals surface area contributed by atoms with Crippen molar-refractivity contribution in [2.75, 3.05) is 18.6 Å². The lowest BCUT2D eigenvalue weighted by Crippen LogP contribution is -2.41. The third kappa shape index (κ3) is 31.1. The lowest BCUT2D eigenvalue weighted by atomic mass is 9.76. The number of ether oxygens (including phenoxy) is 1. The summed E-state index contributed by atoms with van der Waals surface area (Å²) in [6.45, 7) is 33.2. The van der Waals surface area contributed by atoms with Crippen molar-refractivity contribution in [3.05, 3.63) is 29.8 Å². The summed E-state index contributed by atoms with van der Waals surface area (Å²) in [7, 11) is 1.42. The highest BCUT2D eigenvalue weighted by Gasteiger charge is 2.56. The molecule has 2 saturated carbocycles. The molecule has 95 heavy (non-hydrogen) atoms. The maximum Gasteiger partial charge on any atom is 0.404 e. The van der Waals surface area contributed by atoms with E-state index in [1.807, 2.05) is 34.6 Å². The summed E-state index contributed by atoms with van der Waals surface area (Å²) in [4.78, 5) is 139. The van der Waals surface area contributed by atoms with Crippen LogP contribution in [0.2, 0.25) is 0 Å². The van der Waals surface area contributed by atoms with Crippen LogP contribution in [0.25, 0.3) is 0 Å². The van der Waals surface area contributed by atoms with E-state index in [4.69, 9.17) is 56.2 Å². The number of carbonyl (C=O) groups excluding carboxylic acids is 3. The molecule has 3 fully saturated rings. The number of carboxylic acid groups (broad SMARTS) is 10. The SMILES string of the molecule is CC(C(=O)O)C(C)C(=O)O.CC1C(=O)N(c2ccc(C(=O)O)cc2)C(=O)C1C.CC1C2CC(C(=O)O)C(C2)C1C.CCC(C)(C(=O)O)C(F)(F)F.CCC(C)(C)C(=O)O.CCC(C)(C)C(=O)OC.CCC(C)(CC(=O)O)C(=O)O.CCC(C)(CO)C(=O)O.CCC(C)C(=O)O. The first-order chi connectivity index (χ1) is 43.0. The van der Waals surface area contributed by atoms with Gasteiger partial charge in [-0.3, -0.25) is 62.4 Å². The van der Waals surface area contributed by atoms with E-state index in [-0.39, 0.29) is 65.5 Å². The number of hydrogen-bond acceptors (Lipinski definition) is 15. The molecule has 13 unspecified atom stereocenters. The number of alkyl halides is 3. The molecule has 4 rings (SSSR count). The van der Waals surface area contributed by atoms with E-state index < -0.39 is 106 Å². The Labute approximate surface area is 555 Å². The third-order valence-corrected chi connectivity index (χ3v) is 18.5. The summed E-state index contributed by atoms with van der Waals surface area (Å²) in [5, 5.41) is 93.3. The number of aliphatic hydroxyl groups is 1. The van der Waals surface area contributed by atoms with Crippen LogP contribution >= 0.6 is 0 Å². The average Bonchev–Trinajstić information content (AvgIpc) is 1.66. The second kappa shape index (κ2) is 42.7. The van der Waals surface area contributed by atoms with Gasteiger partial charge in [0.15, 0.2) is 5.41 Å². The van der Waals surface area contributed by atoms with Crippen LogP contribution in [0.3, 0.4) is 0 Å². The number of aliphatic hydroxyl groups excluding tert-OH is 1. The number of methoxy groups -OCH3 is 1. The predicted octanol–water partition coefficient (Wildman–Crippen LogP) is 11.7. The van der Waals surface area contributed by atoms with Gasteiger partial charge in [0.2, 0.25) is 11.8 Å². The molecule has 2 amide bonds. The molecule has 1 aromatic rings. The van der Waals surface area contributed by atoms with Crippen molar-refractivity contribution >= 4 is 83.2 Å². The minimum Gasteiger partial charge on any atom is -0.481 e. The molecule has 29 heteroatoms. The van der Waals surface area contributed by atoms with Gasteiger partial charge in [-0.2, -0.15) is 13.2 Å². The quantitative estimate of drug-likeness (QED) is 0.0402. The highest BCUT2D eigenvalue weighted by atomic mass is 19.4. The Morgan fingerprint density at radius 2 is 0.947 bits per heavy atom. The fourth-order valence-electron chi connectivity index (χ4n) is 7.84. The summed E-state index contributed by atoms with van der Waals surface area (Å²) >= 11 is 0. The Bertz CT molecular complexity index is 2650. The summed E-state index contributed by atoms with van der Waals surface area (Å²) in [6, 6.07) is 5.71. The standard InChI is InChI=1S/C13H13NO4.C10H16O2.C7H12O4.C7H14O2.C6H9F3O2.C6H10O4.C6H12O3.C6H12O2.C5H10O2/c1-7-8(2)12(16)14(11(7)15)10-5-3-9(4-6-10)13(17)18;1-5-6(2)8-3-7(5)4-9(8)10(11)12;1-3-7(2,6(10)11)4-5(8)9;1-5-7(2,3)6(8)9-4;1-3-5(2,4(10)11)6(7,8)9;1-3(5(7)8)4(2)6(9)10;1-3-6(2,4-7)5(8)9;1-4-6(2,3)5(7)8;1-3-4(2)5(6)7/h3-8H,1-2H3,(H,17,18);5-9H,3-4H2,1-2H3,(H,11,12);3-4H2,1-2H3,(H,8,9)(H,10,11);5H2,1-4H3;3H2,1-2H3,(H,10,11);3-4H,1-2H3,(H,7,8)(H,9,10);7H,3-4H2,1-2H3,(H,8,9);4H2,1-3H3,(H,7,8);4H,3H2,1-2H3,(H,6,7). The number of esters is 1. The Hall–Kier alpha value is -7.72. The summed E-state index contributed by atoms with van der Waals surface area (Å²) in [6.07, 6.45) is -0.339. The van der Waals surface area contributed by atoms with Crippen LogP contribution in [0, 0.1) is 86.3 Å². The zero-order valence-corrected chi connectivity index (χ0v) is 58.9. The molecule has 0 spiro atoms. The summed E-state index contributed by atoms with van der Waals surface area (Å²) in [5.41, 5.74) is -4.97. The van der Waals surface area contributed by atoms with Crippen molar-refractivity contribution in [1.29, 1.82) is 0 Å². The molecule has 0 radical (unpaired) electrons. The second-order valence-electron chi connectivity index (χ2n) is 25.8. The van der Waals surface area contributed by atoms with Crippen LogP contribution in [-0.2, 0) is 62.3 Å². The molecule has 26 nitrogen and oxygen atoms in total. The van der Waals surface area contributed by atoms with E-state index in [0.29, 0.717) is 49.6 Å². The van der Waals surface area contributed by atoms with Crippen LogP contribution in [0.5, 0.6) is 0 Å². The van der Waals surface area contributed by atoms with Crippen LogP contribution in [-0.4, -0.2) is 154 Å². The Balaban J connectivity index is -0.000000325. The van der Waals surface area contributed by atoms with Gasteiger partial charge in [0, 0.05) is 11.8 Å². The smallest absolute Gasteiger partial charge is 0.404 e. The van der Waals surface area contributed by atoms with Crippen molar-refractivity contribution in [2.45, 2.75) is 202 Å². The molecule has 1 saturated heterocycles. The molecule has 13 atom stereocenters. The maximum absolute atomic E-state index is 12.0. The molecular formula is C66H108F3NO25. The van der Waals surface area contributed by atoms with Gasteiger partial charge in [-0.1, -0.05) is 90.0 Å². The van der Waals surface area contributed by atoms with Crippen LogP contribution in [0.4, 0.5) is 18.9 Å². The second-order valence-corrected chi connectivity index (χ2v) is 25.8. The monoisotopic (exact) mass is 1370 g/mol. The third-order valence-electron chi connectivity index (χ3n) is 18.5. The minimum atomic E-state index is -4.67. The molecule has 3 aliphatic rings. The van der Waals surface area contributed by atoms with Crippen molar-refractivity contribution in [3.8, 4) is 0 Å². The van der Waals surface area contributed by atoms with Crippen molar-refractivity contribution < 1.29 is 136 Å². The number of fused-ring (bicyclic) bond motifs is 2. The number of aliphatic carboxylic acids is 9. The number of aromatic carboxylic acids is 1. The lowest BCUT2D eigenvalue weighted by Gasteiger charge is -2.29. The number of nitrogens with zero attached hydrogens (tertiary/aromatic N) is 1. The molecule has 2 bridgehead atoms. The van der Waals surface area contributed by atoms with E-state index >= 15 is 0 Å². The molecule has 548 valence electrons. The van der Waals surface area contributed by atoms with Gasteiger partial charge in [-0.25, -0.2) is 4.79 Å². The van der Waals surface area contributed by atoms with Gasteiger partial charge in [0.1, 0.15) is 0 Å². The number of benzene rings is 1. The fraction of sp³-hybridized carbons (Fsp3) is 0.712. The Kier molecular flexibility index (Phi) is 43.1. The number of anilines is 1. The predicted molar refractivity (Wildman–Crippen MR) is 342 cm³/mol. The zero-order valence-electron chi connectivity index (χ0n) is 58.9. The van der Waals surface area contributed by atoms with Gasteiger partial charge < -0.3 is 60.9 Å². The normalized spacial score (nSPS) is 21.0. The number of hydrogen-bond donors (Lipinski definition) is 11. The van der Waals surface area contributed by atoms with Gasteiger partial charge in [-0.05, 0) is 148 Å². The first-order valence-electron chi connectivity index (χ1n) is 31.0. The van der Waals surface area contributed by atoms with Crippen molar-refractivity contribution in [2.24, 2.45) is 86.3 Å². The average molecular weight is 1370 g/mol. The van der Waals surface area contributed by atoms with Crippen LogP contribution in [0.1, 0.15) is 207 Å². The number of carbonyl (C=O) groups is 13. The molecule has 1 aliphatic heterocycles. The number of imide groups is 1. The van der Waals surface area contributed by atoms with E-state index in [1.54, 1.807) is 48.5 Å². The van der Waals surface area contributed by atoms with Gasteiger partial charge in [0.25, 0.3) is 0 Å². The van der Waals surface area contributed by atoms with Gasteiger partial charge in [-0.15, -0.1) is 0 Å². The van der Waals surface area contributed by atoms with E-state index in [2.05, 4.69) is 18.6 Å². The van der Waals surface area contributed by atoms with Crippen molar-refractivity contribution in [1.82, 2.24) is 0 Å². The Morgan fingerprint density at radius 3 is 1.11 bits per heavy atom. The lowest BCUT2D eigenvalue weighted by molar-refractivity contribution is -0.227. The largest absolute Gasteiger partial charge is 0.481 e. The first kappa shape index (κ1) is 96.0. The van der Waals surface area contributed by atoms with Crippen molar-refractivity contribution in [3.63, 3.8) is 0 Å². The Morgan fingerprint density at radius 1 is 0.547 bits per heavy atom. The first-order valence-corrected chi connectivity index (χ1v) is 31.0. The fourth-order valence-corrected chi connectivity index (χ4v) is 7.84. The molecule has 1 aromatic carbocycles. The van der Waals surface area contributed by atoms with E-state index in [1.165, 1.54) is 72.4 Å². The highest BCUT2D eigenvalue weighted by molar-refractivity contribution is 6.21. The minimum absolute atomic E-state index is 0.0267. The molecular weight excluding hydrogens is 1260 g/mol.